The molecule has 4 rings (SSSR count). The van der Waals surface area contributed by atoms with Crippen LogP contribution in [0.1, 0.15) is 34.1 Å². The fraction of sp³-hybridized carbons (Fsp3) is 0.167. The van der Waals surface area contributed by atoms with Crippen LogP contribution in [-0.2, 0) is 16.1 Å². The molecular weight excluding hydrogens is 418 g/mol. The molecule has 3 aromatic rings. The quantitative estimate of drug-likeness (QED) is 0.345. The Bertz CT molecular complexity index is 1210. The number of benzene rings is 2. The van der Waals surface area contributed by atoms with Crippen molar-refractivity contribution in [2.24, 2.45) is 0 Å². The lowest BCUT2D eigenvalue weighted by Gasteiger charge is -2.25. The highest BCUT2D eigenvalue weighted by molar-refractivity contribution is 6.46. The largest absolute Gasteiger partial charge is 0.507 e. The maximum atomic E-state index is 13.1. The van der Waals surface area contributed by atoms with E-state index in [4.69, 9.17) is 16.0 Å². The number of halogens is 1. The van der Waals surface area contributed by atoms with Crippen LogP contribution in [0.25, 0.3) is 5.76 Å². The summed E-state index contributed by atoms with van der Waals surface area (Å²) in [6.07, 6.45) is 1.48. The number of phenolic OH excluding ortho intramolecular Hbond substituents is 1. The van der Waals surface area contributed by atoms with Gasteiger partial charge in [-0.2, -0.15) is 0 Å². The molecule has 1 unspecified atom stereocenters. The van der Waals surface area contributed by atoms with Gasteiger partial charge in [0.1, 0.15) is 17.3 Å². The summed E-state index contributed by atoms with van der Waals surface area (Å²) in [7, 11) is 0. The Labute approximate surface area is 184 Å². The second kappa shape index (κ2) is 7.96. The number of ketones is 1. The molecule has 1 atom stereocenters. The number of rotatable bonds is 4. The predicted octanol–water partition coefficient (Wildman–Crippen LogP) is 4.88. The van der Waals surface area contributed by atoms with Gasteiger partial charge >= 0.3 is 0 Å². The van der Waals surface area contributed by atoms with Crippen molar-refractivity contribution < 1.29 is 24.2 Å². The summed E-state index contributed by atoms with van der Waals surface area (Å²) in [5.74, 6) is -1.43. The van der Waals surface area contributed by atoms with E-state index in [1.807, 2.05) is 26.0 Å². The van der Waals surface area contributed by atoms with Crippen molar-refractivity contribution in [1.29, 1.82) is 0 Å². The van der Waals surface area contributed by atoms with E-state index in [9.17, 15) is 19.8 Å². The van der Waals surface area contributed by atoms with E-state index in [-0.39, 0.29) is 28.6 Å². The molecule has 31 heavy (non-hydrogen) atoms. The molecule has 2 aromatic carbocycles. The summed E-state index contributed by atoms with van der Waals surface area (Å²) in [5.41, 5.74) is 2.60. The third-order valence-corrected chi connectivity index (χ3v) is 5.68. The lowest BCUT2D eigenvalue weighted by Crippen LogP contribution is -2.29. The fourth-order valence-electron chi connectivity index (χ4n) is 3.79. The molecular formula is C24H20ClNO5. The van der Waals surface area contributed by atoms with Crippen LogP contribution in [0.2, 0.25) is 5.02 Å². The molecule has 7 heteroatoms. The summed E-state index contributed by atoms with van der Waals surface area (Å²) in [5, 5.41) is 21.1. The number of carbonyl (C=O) groups is 2. The third kappa shape index (κ3) is 3.70. The number of aryl methyl sites for hydroxylation is 2. The first-order valence-corrected chi connectivity index (χ1v) is 10.0. The maximum absolute atomic E-state index is 13.1. The molecule has 1 aromatic heterocycles. The molecule has 0 spiro atoms. The van der Waals surface area contributed by atoms with Crippen LogP contribution in [-0.4, -0.2) is 26.8 Å². The van der Waals surface area contributed by atoms with Crippen LogP contribution in [0.15, 0.2) is 64.8 Å². The van der Waals surface area contributed by atoms with Crippen LogP contribution in [0.5, 0.6) is 5.75 Å². The van der Waals surface area contributed by atoms with Gasteiger partial charge in [0.2, 0.25) is 0 Å². The second-order valence-electron chi connectivity index (χ2n) is 7.54. The van der Waals surface area contributed by atoms with Gasteiger partial charge in [-0.1, -0.05) is 35.4 Å². The zero-order valence-electron chi connectivity index (χ0n) is 16.9. The van der Waals surface area contributed by atoms with Gasteiger partial charge in [-0.25, -0.2) is 0 Å². The molecule has 158 valence electrons. The van der Waals surface area contributed by atoms with Crippen molar-refractivity contribution in [3.63, 3.8) is 0 Å². The van der Waals surface area contributed by atoms with Crippen molar-refractivity contribution in [3.05, 3.63) is 93.4 Å². The summed E-state index contributed by atoms with van der Waals surface area (Å²) in [6.45, 7) is 3.73. The molecule has 1 amide bonds. The minimum Gasteiger partial charge on any atom is -0.507 e. The number of nitrogens with zero attached hydrogens (tertiary/aromatic N) is 1. The van der Waals surface area contributed by atoms with E-state index in [0.29, 0.717) is 16.9 Å². The number of phenols is 1. The molecule has 1 aliphatic rings. The average Bonchev–Trinajstić information content (AvgIpc) is 3.34. The van der Waals surface area contributed by atoms with E-state index in [2.05, 4.69) is 0 Å². The zero-order chi connectivity index (χ0) is 22.3. The first-order valence-electron chi connectivity index (χ1n) is 9.64. The number of likely N-dealkylation sites (tertiary alicyclic amines) is 1. The van der Waals surface area contributed by atoms with Crippen molar-refractivity contribution in [2.75, 3.05) is 0 Å². The van der Waals surface area contributed by atoms with Crippen LogP contribution in [0, 0.1) is 13.8 Å². The first-order chi connectivity index (χ1) is 14.8. The monoisotopic (exact) mass is 437 g/mol. The molecule has 1 saturated heterocycles. The maximum Gasteiger partial charge on any atom is 0.296 e. The Morgan fingerprint density at radius 2 is 1.90 bits per heavy atom. The van der Waals surface area contributed by atoms with Gasteiger partial charge in [0.15, 0.2) is 0 Å². The number of carbonyl (C=O) groups excluding carboxylic acids is 2. The summed E-state index contributed by atoms with van der Waals surface area (Å²) >= 11 is 6.11. The lowest BCUT2D eigenvalue weighted by atomic mass is 9.93. The number of aliphatic hydroxyl groups is 1. The Morgan fingerprint density at radius 1 is 1.13 bits per heavy atom. The standard InChI is InChI=1S/C24H20ClNO5/c1-13-5-6-14(2)17(10-13)22(28)20-21(15-7-8-19(27)18(25)11-15)26(24(30)23(20)29)12-16-4-3-9-31-16/h3-11,21,27-28H,12H2,1-2H3/b22-20+. The smallest absolute Gasteiger partial charge is 0.296 e. The van der Waals surface area contributed by atoms with Gasteiger partial charge in [-0.3, -0.25) is 9.59 Å². The Morgan fingerprint density at radius 3 is 2.58 bits per heavy atom. The van der Waals surface area contributed by atoms with Crippen molar-refractivity contribution in [2.45, 2.75) is 26.4 Å². The van der Waals surface area contributed by atoms with Crippen LogP contribution in [0.3, 0.4) is 0 Å². The van der Waals surface area contributed by atoms with Gasteiger partial charge < -0.3 is 19.5 Å². The highest BCUT2D eigenvalue weighted by Crippen LogP contribution is 2.42. The van der Waals surface area contributed by atoms with Crippen molar-refractivity contribution >= 4 is 29.1 Å². The molecule has 0 saturated carbocycles. The van der Waals surface area contributed by atoms with Crippen LogP contribution >= 0.6 is 11.6 Å². The average molecular weight is 438 g/mol. The normalized spacial score (nSPS) is 18.0. The minimum absolute atomic E-state index is 0.0321. The number of hydrogen-bond acceptors (Lipinski definition) is 5. The molecule has 0 bridgehead atoms. The van der Waals surface area contributed by atoms with Gasteiger partial charge in [0.05, 0.1) is 29.4 Å². The molecule has 2 N–H and O–H groups in total. The Balaban J connectivity index is 1.93. The van der Waals surface area contributed by atoms with Gasteiger partial charge in [-0.15, -0.1) is 0 Å². The second-order valence-corrected chi connectivity index (χ2v) is 7.94. The Hall–Kier alpha value is -3.51. The first kappa shape index (κ1) is 20.8. The van der Waals surface area contributed by atoms with Crippen LogP contribution in [0.4, 0.5) is 0 Å². The van der Waals surface area contributed by atoms with Crippen LogP contribution < -0.4 is 0 Å². The summed E-state index contributed by atoms with van der Waals surface area (Å²) in [6, 6.07) is 12.5. The van der Waals surface area contributed by atoms with Gasteiger partial charge in [0.25, 0.3) is 11.7 Å². The van der Waals surface area contributed by atoms with Crippen molar-refractivity contribution in [3.8, 4) is 5.75 Å². The summed E-state index contributed by atoms with van der Waals surface area (Å²) < 4.78 is 5.37. The predicted molar refractivity (Wildman–Crippen MR) is 116 cm³/mol. The lowest BCUT2D eigenvalue weighted by molar-refractivity contribution is -0.140. The third-order valence-electron chi connectivity index (χ3n) is 5.38. The molecule has 1 aliphatic heterocycles. The molecule has 1 fully saturated rings. The highest BCUT2D eigenvalue weighted by atomic mass is 35.5. The van der Waals surface area contributed by atoms with Gasteiger partial charge in [0, 0.05) is 5.56 Å². The molecule has 2 heterocycles. The topological polar surface area (TPSA) is 91.0 Å². The van der Waals surface area contributed by atoms with E-state index >= 15 is 0 Å². The molecule has 0 aliphatic carbocycles. The number of Topliss-reactive ketones (excluding diaryl/α,β-unsaturated/α-hetero) is 1. The number of furan rings is 1. The summed E-state index contributed by atoms with van der Waals surface area (Å²) in [4.78, 5) is 27.4. The Kier molecular flexibility index (Phi) is 5.33. The zero-order valence-corrected chi connectivity index (χ0v) is 17.7. The number of hydrogen-bond donors (Lipinski definition) is 2. The van der Waals surface area contributed by atoms with E-state index in [0.717, 1.165) is 11.1 Å². The number of aliphatic hydroxyl groups excluding tert-OH is 1. The molecule has 0 radical (unpaired) electrons. The fourth-order valence-corrected chi connectivity index (χ4v) is 3.98. The highest BCUT2D eigenvalue weighted by Gasteiger charge is 2.46. The number of amides is 1. The SMILES string of the molecule is Cc1ccc(C)c(/C(O)=C2\C(=O)C(=O)N(Cc3ccco3)C2c2ccc(O)c(Cl)c2)c1. The minimum atomic E-state index is -0.900. The molecule has 6 nitrogen and oxygen atoms in total. The van der Waals surface area contributed by atoms with E-state index in [1.165, 1.54) is 23.3 Å². The van der Waals surface area contributed by atoms with Crippen molar-refractivity contribution in [1.82, 2.24) is 4.90 Å². The van der Waals surface area contributed by atoms with Gasteiger partial charge in [-0.05, 0) is 55.3 Å². The number of aromatic hydroxyl groups is 1. The van der Waals surface area contributed by atoms with E-state index < -0.39 is 17.7 Å². The van der Waals surface area contributed by atoms with E-state index in [1.54, 1.807) is 24.3 Å².